The van der Waals surface area contributed by atoms with Crippen LogP contribution in [0.3, 0.4) is 0 Å². The van der Waals surface area contributed by atoms with Crippen LogP contribution < -0.4 is 5.32 Å². The van der Waals surface area contributed by atoms with Crippen molar-refractivity contribution in [3.8, 4) is 0 Å². The summed E-state index contributed by atoms with van der Waals surface area (Å²) >= 11 is 0. The summed E-state index contributed by atoms with van der Waals surface area (Å²) in [5, 5.41) is 3.21. The van der Waals surface area contributed by atoms with Gasteiger partial charge in [-0.2, -0.15) is 0 Å². The van der Waals surface area contributed by atoms with Gasteiger partial charge in [-0.15, -0.1) is 0 Å². The van der Waals surface area contributed by atoms with E-state index in [-0.39, 0.29) is 12.0 Å². The number of ether oxygens (including phenoxy) is 1. The number of aromatic nitrogens is 2. The van der Waals surface area contributed by atoms with Crippen LogP contribution in [0.5, 0.6) is 0 Å². The van der Waals surface area contributed by atoms with Gasteiger partial charge in [0.2, 0.25) is 0 Å². The molecule has 5 heteroatoms. The lowest BCUT2D eigenvalue weighted by Crippen LogP contribution is -2.41. The molecule has 1 atom stereocenters. The molecule has 1 aliphatic heterocycles. The fourth-order valence-electron chi connectivity index (χ4n) is 1.83. The van der Waals surface area contributed by atoms with Crippen molar-refractivity contribution in [3.63, 3.8) is 0 Å². The van der Waals surface area contributed by atoms with E-state index in [2.05, 4.69) is 10.3 Å². The summed E-state index contributed by atoms with van der Waals surface area (Å²) in [6.07, 6.45) is 3.54. The molecule has 0 bridgehead atoms. The van der Waals surface area contributed by atoms with Crippen molar-refractivity contribution in [2.75, 3.05) is 19.7 Å². The van der Waals surface area contributed by atoms with Crippen LogP contribution in [-0.2, 0) is 9.53 Å². The minimum absolute atomic E-state index is 0.200. The molecule has 2 heterocycles. The van der Waals surface area contributed by atoms with E-state index in [9.17, 15) is 4.79 Å². The first-order valence-corrected chi connectivity index (χ1v) is 5.63. The number of nitrogens with zero attached hydrogens (tertiary/aromatic N) is 2. The van der Waals surface area contributed by atoms with Gasteiger partial charge in [-0.3, -0.25) is 0 Å². The lowest BCUT2D eigenvalue weighted by atomic mass is 9.99. The minimum Gasteiger partial charge on any atom is -0.464 e. The molecule has 5 nitrogen and oxygen atoms in total. The predicted octanol–water partition coefficient (Wildman–Crippen LogP) is 0.694. The van der Waals surface area contributed by atoms with Gasteiger partial charge in [0.05, 0.1) is 12.9 Å². The molecule has 0 spiro atoms. The van der Waals surface area contributed by atoms with Gasteiger partial charge >= 0.3 is 5.97 Å². The summed E-state index contributed by atoms with van der Waals surface area (Å²) in [5.41, 5.74) is 1.11. The Balaban J connectivity index is 2.13. The summed E-state index contributed by atoms with van der Waals surface area (Å²) in [6, 6.07) is -0.293. The highest BCUT2D eigenvalue weighted by Gasteiger charge is 2.26. The molecule has 2 rings (SSSR count). The number of carbonyl (C=O) groups excluding carboxylic acids is 1. The third-order valence-electron chi connectivity index (χ3n) is 2.94. The lowest BCUT2D eigenvalue weighted by molar-refractivity contribution is -0.146. The lowest BCUT2D eigenvalue weighted by Gasteiger charge is -2.29. The van der Waals surface area contributed by atoms with Crippen molar-refractivity contribution in [2.24, 2.45) is 0 Å². The Morgan fingerprint density at radius 2 is 2.50 bits per heavy atom. The minimum atomic E-state index is -0.293. The zero-order chi connectivity index (χ0) is 11.5. The highest BCUT2D eigenvalue weighted by atomic mass is 16.5. The summed E-state index contributed by atoms with van der Waals surface area (Å²) < 4.78 is 6.92. The molecule has 1 aromatic rings. The fourth-order valence-corrected chi connectivity index (χ4v) is 1.83. The molecule has 1 saturated heterocycles. The first-order valence-electron chi connectivity index (χ1n) is 5.63. The first kappa shape index (κ1) is 11.1. The third-order valence-corrected chi connectivity index (χ3v) is 2.94. The number of esters is 1. The van der Waals surface area contributed by atoms with E-state index in [0.717, 1.165) is 18.8 Å². The van der Waals surface area contributed by atoms with Gasteiger partial charge < -0.3 is 14.6 Å². The maximum Gasteiger partial charge on any atom is 0.328 e. The number of carbonyl (C=O) groups is 1. The zero-order valence-electron chi connectivity index (χ0n) is 9.64. The largest absolute Gasteiger partial charge is 0.464 e. The quantitative estimate of drug-likeness (QED) is 0.763. The maximum atomic E-state index is 11.6. The average molecular weight is 223 g/mol. The predicted molar refractivity (Wildman–Crippen MR) is 59.2 cm³/mol. The molecule has 0 amide bonds. The van der Waals surface area contributed by atoms with E-state index in [1.807, 2.05) is 24.6 Å². The molecule has 0 aromatic carbocycles. The van der Waals surface area contributed by atoms with Crippen molar-refractivity contribution in [1.82, 2.24) is 14.9 Å². The second-order valence-corrected chi connectivity index (χ2v) is 4.01. The second-order valence-electron chi connectivity index (χ2n) is 4.01. The summed E-state index contributed by atoms with van der Waals surface area (Å²) in [4.78, 5) is 15.8. The third kappa shape index (κ3) is 1.95. The molecular formula is C11H17N3O2. The van der Waals surface area contributed by atoms with Crippen LogP contribution in [0.1, 0.15) is 31.5 Å². The van der Waals surface area contributed by atoms with E-state index >= 15 is 0 Å². The van der Waals surface area contributed by atoms with E-state index in [1.54, 1.807) is 6.33 Å². The highest BCUT2D eigenvalue weighted by molar-refractivity contribution is 5.73. The Bertz CT molecular complexity index is 371. The summed E-state index contributed by atoms with van der Waals surface area (Å²) in [6.45, 7) is 5.99. The number of imidazole rings is 1. The topological polar surface area (TPSA) is 56.2 Å². The van der Waals surface area contributed by atoms with Crippen LogP contribution in [0, 0.1) is 0 Å². The fraction of sp³-hybridized carbons (Fsp3) is 0.636. The van der Waals surface area contributed by atoms with Gasteiger partial charge in [0, 0.05) is 30.9 Å². The normalized spacial score (nSPS) is 17.9. The Kier molecular flexibility index (Phi) is 3.24. The van der Waals surface area contributed by atoms with Gasteiger partial charge in [-0.25, -0.2) is 9.78 Å². The van der Waals surface area contributed by atoms with E-state index in [4.69, 9.17) is 4.74 Å². The van der Waals surface area contributed by atoms with Crippen LogP contribution in [0.15, 0.2) is 12.5 Å². The molecule has 0 aliphatic carbocycles. The van der Waals surface area contributed by atoms with E-state index in [1.165, 1.54) is 0 Å². The van der Waals surface area contributed by atoms with Crippen LogP contribution in [0.4, 0.5) is 0 Å². The van der Waals surface area contributed by atoms with Crippen molar-refractivity contribution < 1.29 is 9.53 Å². The number of rotatable bonds is 4. The van der Waals surface area contributed by atoms with Crippen molar-refractivity contribution in [1.29, 1.82) is 0 Å². The molecule has 88 valence electrons. The Morgan fingerprint density at radius 3 is 3.06 bits per heavy atom. The van der Waals surface area contributed by atoms with Crippen molar-refractivity contribution in [2.45, 2.75) is 25.8 Å². The van der Waals surface area contributed by atoms with Crippen LogP contribution in [0.25, 0.3) is 0 Å². The SMILES string of the molecule is CCOC(=O)C(C)n1cncc1C1CNC1. The van der Waals surface area contributed by atoms with Crippen molar-refractivity contribution >= 4 is 5.97 Å². The van der Waals surface area contributed by atoms with E-state index < -0.39 is 0 Å². The molecule has 0 radical (unpaired) electrons. The molecule has 16 heavy (non-hydrogen) atoms. The van der Waals surface area contributed by atoms with Gasteiger partial charge in [-0.1, -0.05) is 0 Å². The van der Waals surface area contributed by atoms with Gasteiger partial charge in [-0.05, 0) is 13.8 Å². The summed E-state index contributed by atoms with van der Waals surface area (Å²) in [7, 11) is 0. The van der Waals surface area contributed by atoms with Gasteiger partial charge in [0.15, 0.2) is 0 Å². The van der Waals surface area contributed by atoms with Crippen LogP contribution in [0.2, 0.25) is 0 Å². The van der Waals surface area contributed by atoms with Crippen molar-refractivity contribution in [3.05, 3.63) is 18.2 Å². The Morgan fingerprint density at radius 1 is 1.75 bits per heavy atom. The molecule has 0 saturated carbocycles. The van der Waals surface area contributed by atoms with Crippen LogP contribution >= 0.6 is 0 Å². The highest BCUT2D eigenvalue weighted by Crippen LogP contribution is 2.22. The molecule has 1 aliphatic rings. The molecule has 1 N–H and O–H groups in total. The Hall–Kier alpha value is -1.36. The van der Waals surface area contributed by atoms with Gasteiger partial charge in [0.25, 0.3) is 0 Å². The average Bonchev–Trinajstić information content (AvgIpc) is 2.63. The maximum absolute atomic E-state index is 11.6. The smallest absolute Gasteiger partial charge is 0.328 e. The number of hydrogen-bond donors (Lipinski definition) is 1. The molecule has 1 aromatic heterocycles. The van der Waals surface area contributed by atoms with Crippen LogP contribution in [-0.4, -0.2) is 35.2 Å². The standard InChI is InChI=1S/C11H17N3O2/c1-3-16-11(15)8(2)14-7-13-6-10(14)9-4-12-5-9/h6-9,12H,3-5H2,1-2H3. The summed E-state index contributed by atoms with van der Waals surface area (Å²) in [5.74, 6) is 0.272. The molecular weight excluding hydrogens is 206 g/mol. The Labute approximate surface area is 94.8 Å². The molecule has 1 unspecified atom stereocenters. The van der Waals surface area contributed by atoms with E-state index in [0.29, 0.717) is 12.5 Å². The van der Waals surface area contributed by atoms with Gasteiger partial charge in [0.1, 0.15) is 6.04 Å². The second kappa shape index (κ2) is 4.65. The number of hydrogen-bond acceptors (Lipinski definition) is 4. The zero-order valence-corrected chi connectivity index (χ0v) is 9.64. The molecule has 1 fully saturated rings. The monoisotopic (exact) mass is 223 g/mol. The number of nitrogens with one attached hydrogen (secondary N) is 1. The first-order chi connectivity index (χ1) is 7.74.